The van der Waals surface area contributed by atoms with Gasteiger partial charge >= 0.3 is 0 Å². The van der Waals surface area contributed by atoms with Gasteiger partial charge < -0.3 is 10.1 Å². The Bertz CT molecular complexity index is 1020. The first-order valence-electron chi connectivity index (χ1n) is 8.72. The van der Waals surface area contributed by atoms with Gasteiger partial charge in [0, 0.05) is 31.0 Å². The Morgan fingerprint density at radius 1 is 1.11 bits per heavy atom. The molecule has 0 aliphatic carbocycles. The minimum atomic E-state index is -3.56. The van der Waals surface area contributed by atoms with Crippen LogP contribution in [0.1, 0.15) is 17.0 Å². The predicted molar refractivity (Wildman–Crippen MR) is 111 cm³/mol. The molecule has 148 valence electrons. The van der Waals surface area contributed by atoms with Gasteiger partial charge in [0.2, 0.25) is 15.2 Å². The van der Waals surface area contributed by atoms with E-state index < -0.39 is 10.0 Å². The maximum absolute atomic E-state index is 12.3. The number of ether oxygens (including phenoxy) is 1. The lowest BCUT2D eigenvalue weighted by molar-refractivity contribution is 0.414. The fourth-order valence-corrected chi connectivity index (χ4v) is 4.24. The first-order chi connectivity index (χ1) is 13.5. The van der Waals surface area contributed by atoms with Gasteiger partial charge in [0.05, 0.1) is 12.0 Å². The van der Waals surface area contributed by atoms with E-state index in [1.165, 1.54) is 36.3 Å². The summed E-state index contributed by atoms with van der Waals surface area (Å²) in [6.45, 7) is 2.70. The molecule has 0 bridgehead atoms. The van der Waals surface area contributed by atoms with Gasteiger partial charge in [0.25, 0.3) is 0 Å². The van der Waals surface area contributed by atoms with Crippen LogP contribution < -0.4 is 14.8 Å². The second-order valence-corrected chi connectivity index (χ2v) is 8.70. The van der Waals surface area contributed by atoms with E-state index >= 15 is 0 Å². The zero-order valence-corrected chi connectivity index (χ0v) is 17.3. The van der Waals surface area contributed by atoms with Crippen molar-refractivity contribution < 1.29 is 13.2 Å². The molecular formula is C19H22N4O3S2. The van der Waals surface area contributed by atoms with E-state index in [1.807, 2.05) is 6.07 Å². The molecule has 1 aromatic heterocycles. The number of anilines is 1. The molecule has 0 amide bonds. The molecule has 7 nitrogen and oxygen atoms in total. The molecule has 3 rings (SSSR count). The third-order valence-corrected chi connectivity index (χ3v) is 6.16. The van der Waals surface area contributed by atoms with Gasteiger partial charge in [-0.1, -0.05) is 29.8 Å². The Kier molecular flexibility index (Phi) is 6.61. The van der Waals surface area contributed by atoms with Gasteiger partial charge in [0.1, 0.15) is 11.6 Å². The van der Waals surface area contributed by atoms with Gasteiger partial charge in [-0.15, -0.1) is 0 Å². The molecule has 28 heavy (non-hydrogen) atoms. The van der Waals surface area contributed by atoms with Crippen LogP contribution in [0.3, 0.4) is 0 Å². The summed E-state index contributed by atoms with van der Waals surface area (Å²) in [6.07, 6.45) is 0.671. The standard InChI is InChI=1S/C19H22N4O3S2/c1-14-4-3-5-15(12-14)13-18-22-19(27-23-18)20-10-11-21-28(24,25)17-8-6-16(26-2)7-9-17/h3-9,12,21H,10-11,13H2,1-2H3,(H,20,22,23). The molecule has 0 atom stereocenters. The molecule has 0 spiro atoms. The van der Waals surface area contributed by atoms with Gasteiger partial charge in [-0.3, -0.25) is 0 Å². The zero-order valence-electron chi connectivity index (χ0n) is 15.7. The number of sulfonamides is 1. The van der Waals surface area contributed by atoms with E-state index in [2.05, 4.69) is 44.5 Å². The average molecular weight is 419 g/mol. The predicted octanol–water partition coefficient (Wildman–Crippen LogP) is 2.84. The highest BCUT2D eigenvalue weighted by atomic mass is 32.2. The van der Waals surface area contributed by atoms with Crippen LogP contribution in [0.15, 0.2) is 53.4 Å². The van der Waals surface area contributed by atoms with Crippen molar-refractivity contribution in [3.63, 3.8) is 0 Å². The Morgan fingerprint density at radius 3 is 2.61 bits per heavy atom. The van der Waals surface area contributed by atoms with Crippen molar-refractivity contribution in [3.8, 4) is 5.75 Å². The lowest BCUT2D eigenvalue weighted by Gasteiger charge is -2.08. The van der Waals surface area contributed by atoms with E-state index in [9.17, 15) is 8.42 Å². The number of aryl methyl sites for hydroxylation is 1. The summed E-state index contributed by atoms with van der Waals surface area (Å²) in [5.74, 6) is 1.36. The van der Waals surface area contributed by atoms with Crippen LogP contribution in [0, 0.1) is 6.92 Å². The topological polar surface area (TPSA) is 93.2 Å². The Labute approximate surface area is 169 Å². The summed E-state index contributed by atoms with van der Waals surface area (Å²) in [6, 6.07) is 14.5. The van der Waals surface area contributed by atoms with Crippen LogP contribution in [0.2, 0.25) is 0 Å². The van der Waals surface area contributed by atoms with Crippen LogP contribution in [0.5, 0.6) is 5.75 Å². The number of benzene rings is 2. The molecule has 0 aliphatic heterocycles. The Morgan fingerprint density at radius 2 is 1.89 bits per heavy atom. The Hall–Kier alpha value is -2.49. The highest BCUT2D eigenvalue weighted by Crippen LogP contribution is 2.16. The smallest absolute Gasteiger partial charge is 0.240 e. The maximum Gasteiger partial charge on any atom is 0.240 e. The molecule has 0 unspecified atom stereocenters. The summed E-state index contributed by atoms with van der Waals surface area (Å²) in [5, 5.41) is 3.77. The minimum absolute atomic E-state index is 0.199. The fourth-order valence-electron chi connectivity index (χ4n) is 2.60. The summed E-state index contributed by atoms with van der Waals surface area (Å²) >= 11 is 1.27. The Balaban J connectivity index is 1.48. The summed E-state index contributed by atoms with van der Waals surface area (Å²) < 4.78 is 36.5. The number of nitrogens with one attached hydrogen (secondary N) is 2. The minimum Gasteiger partial charge on any atom is -0.497 e. The summed E-state index contributed by atoms with van der Waals surface area (Å²) in [5.41, 5.74) is 2.37. The second kappa shape index (κ2) is 9.13. The molecule has 3 aromatic rings. The second-order valence-electron chi connectivity index (χ2n) is 6.18. The fraction of sp³-hybridized carbons (Fsp3) is 0.263. The third kappa shape index (κ3) is 5.51. The largest absolute Gasteiger partial charge is 0.497 e. The molecule has 0 saturated carbocycles. The molecular weight excluding hydrogens is 396 g/mol. The van der Waals surface area contributed by atoms with Gasteiger partial charge in [-0.25, -0.2) is 18.1 Å². The van der Waals surface area contributed by atoms with Crippen LogP contribution >= 0.6 is 11.5 Å². The van der Waals surface area contributed by atoms with E-state index in [1.54, 1.807) is 12.1 Å². The van der Waals surface area contributed by atoms with Crippen molar-refractivity contribution in [1.82, 2.24) is 14.1 Å². The van der Waals surface area contributed by atoms with Crippen LogP contribution in [-0.4, -0.2) is 38.0 Å². The van der Waals surface area contributed by atoms with Crippen LogP contribution in [0.4, 0.5) is 5.13 Å². The molecule has 0 aliphatic rings. The number of hydrogen-bond acceptors (Lipinski definition) is 7. The monoisotopic (exact) mass is 418 g/mol. The lowest BCUT2D eigenvalue weighted by atomic mass is 10.1. The average Bonchev–Trinajstić information content (AvgIpc) is 3.12. The molecule has 0 saturated heterocycles. The highest BCUT2D eigenvalue weighted by molar-refractivity contribution is 7.89. The number of aromatic nitrogens is 2. The normalized spacial score (nSPS) is 11.4. The summed E-state index contributed by atoms with van der Waals surface area (Å²) in [7, 11) is -2.02. The number of hydrogen-bond donors (Lipinski definition) is 2. The van der Waals surface area contributed by atoms with Crippen LogP contribution in [0.25, 0.3) is 0 Å². The molecule has 0 fully saturated rings. The SMILES string of the molecule is COc1ccc(S(=O)(=O)NCCNc2nc(Cc3cccc(C)c3)ns2)cc1. The van der Waals surface area contributed by atoms with Crippen molar-refractivity contribution in [3.05, 3.63) is 65.5 Å². The number of rotatable bonds is 9. The van der Waals surface area contributed by atoms with Crippen molar-refractivity contribution in [2.45, 2.75) is 18.2 Å². The molecule has 2 aromatic carbocycles. The third-order valence-electron chi connectivity index (χ3n) is 3.98. The van der Waals surface area contributed by atoms with Crippen molar-refractivity contribution in [2.75, 3.05) is 25.5 Å². The van der Waals surface area contributed by atoms with Gasteiger partial charge in [-0.05, 0) is 36.8 Å². The highest BCUT2D eigenvalue weighted by Gasteiger charge is 2.13. The van der Waals surface area contributed by atoms with E-state index in [4.69, 9.17) is 4.74 Å². The van der Waals surface area contributed by atoms with Gasteiger partial charge in [0.15, 0.2) is 0 Å². The first-order valence-corrected chi connectivity index (χ1v) is 11.0. The molecule has 9 heteroatoms. The van der Waals surface area contributed by atoms with Crippen LogP contribution in [-0.2, 0) is 16.4 Å². The number of methoxy groups -OCH3 is 1. The quantitative estimate of drug-likeness (QED) is 0.519. The van der Waals surface area contributed by atoms with Crippen molar-refractivity contribution in [2.24, 2.45) is 0 Å². The van der Waals surface area contributed by atoms with Crippen molar-refractivity contribution in [1.29, 1.82) is 0 Å². The molecule has 1 heterocycles. The maximum atomic E-state index is 12.3. The molecule has 0 radical (unpaired) electrons. The number of nitrogens with zero attached hydrogens (tertiary/aromatic N) is 2. The zero-order chi connectivity index (χ0) is 20.0. The van der Waals surface area contributed by atoms with E-state index in [0.29, 0.717) is 23.8 Å². The summed E-state index contributed by atoms with van der Waals surface area (Å²) in [4.78, 5) is 4.65. The van der Waals surface area contributed by atoms with E-state index in [0.717, 1.165) is 11.4 Å². The van der Waals surface area contributed by atoms with Crippen molar-refractivity contribution >= 4 is 26.7 Å². The van der Waals surface area contributed by atoms with Gasteiger partial charge in [-0.2, -0.15) is 4.37 Å². The first kappa shape index (κ1) is 20.2. The lowest BCUT2D eigenvalue weighted by Crippen LogP contribution is -2.28. The molecule has 2 N–H and O–H groups in total. The van der Waals surface area contributed by atoms with E-state index in [-0.39, 0.29) is 11.4 Å².